The Morgan fingerprint density at radius 3 is 2.93 bits per heavy atom. The zero-order valence-electron chi connectivity index (χ0n) is 7.55. The van der Waals surface area contributed by atoms with Gasteiger partial charge in [0, 0.05) is 5.02 Å². The van der Waals surface area contributed by atoms with Crippen LogP contribution in [0.25, 0.3) is 5.69 Å². The van der Waals surface area contributed by atoms with Crippen molar-refractivity contribution >= 4 is 17.3 Å². The van der Waals surface area contributed by atoms with Crippen molar-refractivity contribution in [2.45, 2.75) is 0 Å². The second kappa shape index (κ2) is 3.59. The highest BCUT2D eigenvalue weighted by Crippen LogP contribution is 2.20. The zero-order valence-corrected chi connectivity index (χ0v) is 8.31. The number of nitriles is 1. The van der Waals surface area contributed by atoms with E-state index in [2.05, 4.69) is 10.1 Å². The molecule has 6 heteroatoms. The van der Waals surface area contributed by atoms with Crippen LogP contribution in [0.1, 0.15) is 5.82 Å². The second-order valence-electron chi connectivity index (χ2n) is 2.83. The number of nitrogen functional groups attached to an aromatic ring is 1. The van der Waals surface area contributed by atoms with E-state index < -0.39 is 0 Å². The topological polar surface area (TPSA) is 80.5 Å². The fourth-order valence-corrected chi connectivity index (χ4v) is 1.31. The first kappa shape index (κ1) is 9.49. The summed E-state index contributed by atoms with van der Waals surface area (Å²) >= 11 is 5.83. The first-order valence-electron chi connectivity index (χ1n) is 4.08. The van der Waals surface area contributed by atoms with Gasteiger partial charge in [0.05, 0.1) is 11.4 Å². The third kappa shape index (κ3) is 1.75. The Morgan fingerprint density at radius 1 is 1.47 bits per heavy atom. The van der Waals surface area contributed by atoms with Crippen molar-refractivity contribution in [2.24, 2.45) is 0 Å². The van der Waals surface area contributed by atoms with Gasteiger partial charge in [-0.25, -0.2) is 9.67 Å². The highest BCUT2D eigenvalue weighted by molar-refractivity contribution is 6.30. The molecule has 2 rings (SSSR count). The van der Waals surface area contributed by atoms with Gasteiger partial charge >= 0.3 is 0 Å². The van der Waals surface area contributed by atoms with Gasteiger partial charge in [0.2, 0.25) is 0 Å². The predicted octanol–water partition coefficient (Wildman–Crippen LogP) is 1.37. The molecule has 0 spiro atoms. The van der Waals surface area contributed by atoms with E-state index in [-0.39, 0.29) is 5.82 Å². The van der Waals surface area contributed by atoms with E-state index in [9.17, 15) is 0 Å². The highest BCUT2D eigenvalue weighted by Gasteiger charge is 2.05. The molecule has 2 N–H and O–H groups in total. The zero-order chi connectivity index (χ0) is 10.8. The number of hydrogen-bond acceptors (Lipinski definition) is 4. The van der Waals surface area contributed by atoms with Gasteiger partial charge in [0.1, 0.15) is 12.4 Å². The fourth-order valence-electron chi connectivity index (χ4n) is 1.15. The third-order valence-corrected chi connectivity index (χ3v) is 2.07. The lowest BCUT2D eigenvalue weighted by Gasteiger charge is -2.04. The van der Waals surface area contributed by atoms with Crippen LogP contribution < -0.4 is 5.73 Å². The number of rotatable bonds is 1. The maximum atomic E-state index is 8.58. The summed E-state index contributed by atoms with van der Waals surface area (Å²) in [5.41, 5.74) is 6.87. The van der Waals surface area contributed by atoms with Crippen molar-refractivity contribution < 1.29 is 0 Å². The van der Waals surface area contributed by atoms with E-state index in [4.69, 9.17) is 22.6 Å². The molecule has 0 aliphatic carbocycles. The van der Waals surface area contributed by atoms with Gasteiger partial charge in [-0.1, -0.05) is 11.6 Å². The van der Waals surface area contributed by atoms with Crippen LogP contribution in [0, 0.1) is 11.3 Å². The lowest BCUT2D eigenvalue weighted by Crippen LogP contribution is -2.00. The first-order valence-corrected chi connectivity index (χ1v) is 4.45. The van der Waals surface area contributed by atoms with E-state index >= 15 is 0 Å². The minimum atomic E-state index is 0.0920. The molecule has 0 saturated carbocycles. The van der Waals surface area contributed by atoms with Crippen molar-refractivity contribution in [3.05, 3.63) is 35.4 Å². The molecule has 0 atom stereocenters. The molecule has 1 heterocycles. The van der Waals surface area contributed by atoms with Crippen molar-refractivity contribution in [1.82, 2.24) is 14.8 Å². The number of nitrogens with zero attached hydrogens (tertiary/aromatic N) is 4. The Bertz CT molecular complexity index is 540. The normalized spacial score (nSPS) is 9.87. The summed E-state index contributed by atoms with van der Waals surface area (Å²) in [5.74, 6) is 0.0920. The molecule has 0 aliphatic rings. The van der Waals surface area contributed by atoms with Crippen molar-refractivity contribution in [2.75, 3.05) is 5.73 Å². The van der Waals surface area contributed by atoms with E-state index in [0.717, 1.165) is 0 Å². The minimum Gasteiger partial charge on any atom is -0.397 e. The second-order valence-corrected chi connectivity index (χ2v) is 3.26. The molecule has 0 saturated heterocycles. The monoisotopic (exact) mass is 219 g/mol. The summed E-state index contributed by atoms with van der Waals surface area (Å²) in [5, 5.41) is 13.0. The average molecular weight is 220 g/mol. The summed E-state index contributed by atoms with van der Waals surface area (Å²) in [6.45, 7) is 0. The largest absolute Gasteiger partial charge is 0.397 e. The summed E-state index contributed by atoms with van der Waals surface area (Å²) in [7, 11) is 0. The van der Waals surface area contributed by atoms with Gasteiger partial charge < -0.3 is 5.73 Å². The standard InChI is InChI=1S/C9H6ClN5/c10-6-1-2-7(12)8(3-6)15-5-13-9(4-11)14-15/h1-3,5H,12H2. The van der Waals surface area contributed by atoms with Gasteiger partial charge in [0.15, 0.2) is 0 Å². The molecule has 0 unspecified atom stereocenters. The molecule has 1 aromatic heterocycles. The third-order valence-electron chi connectivity index (χ3n) is 1.83. The Hall–Kier alpha value is -2.06. The SMILES string of the molecule is N#Cc1ncn(-c2cc(Cl)ccc2N)n1. The Morgan fingerprint density at radius 2 is 2.27 bits per heavy atom. The quantitative estimate of drug-likeness (QED) is 0.735. The Labute approximate surface area is 90.7 Å². The van der Waals surface area contributed by atoms with E-state index in [1.54, 1.807) is 18.2 Å². The van der Waals surface area contributed by atoms with Crippen LogP contribution in [0.4, 0.5) is 5.69 Å². The molecule has 1 aromatic carbocycles. The maximum absolute atomic E-state index is 8.58. The van der Waals surface area contributed by atoms with Gasteiger partial charge in [0.25, 0.3) is 5.82 Å². The predicted molar refractivity (Wildman–Crippen MR) is 55.5 cm³/mol. The lowest BCUT2D eigenvalue weighted by molar-refractivity contribution is 0.875. The van der Waals surface area contributed by atoms with Crippen LogP contribution in [0.5, 0.6) is 0 Å². The number of nitrogens with two attached hydrogens (primary N) is 1. The van der Waals surface area contributed by atoms with E-state index in [1.807, 2.05) is 6.07 Å². The van der Waals surface area contributed by atoms with Crippen LogP contribution in [-0.4, -0.2) is 14.8 Å². The van der Waals surface area contributed by atoms with Gasteiger partial charge in [-0.3, -0.25) is 0 Å². The molecule has 0 amide bonds. The van der Waals surface area contributed by atoms with E-state index in [1.165, 1.54) is 11.0 Å². The van der Waals surface area contributed by atoms with Gasteiger partial charge in [-0.05, 0) is 18.2 Å². The minimum absolute atomic E-state index is 0.0920. The van der Waals surface area contributed by atoms with Crippen LogP contribution in [0.2, 0.25) is 5.02 Å². The molecule has 0 aliphatic heterocycles. The maximum Gasteiger partial charge on any atom is 0.252 e. The summed E-state index contributed by atoms with van der Waals surface area (Å²) in [4.78, 5) is 3.77. The number of benzene rings is 1. The van der Waals surface area contributed by atoms with Gasteiger partial charge in [-0.2, -0.15) is 5.26 Å². The van der Waals surface area contributed by atoms with Crippen molar-refractivity contribution in [3.63, 3.8) is 0 Å². The molecule has 74 valence electrons. The van der Waals surface area contributed by atoms with E-state index in [0.29, 0.717) is 16.4 Å². The van der Waals surface area contributed by atoms with Crippen LogP contribution in [-0.2, 0) is 0 Å². The molecule has 2 aromatic rings. The molecule has 0 radical (unpaired) electrons. The molecule has 0 bridgehead atoms. The van der Waals surface area contributed by atoms with Crippen LogP contribution in [0.3, 0.4) is 0 Å². The summed E-state index contributed by atoms with van der Waals surface area (Å²) in [6, 6.07) is 6.85. The van der Waals surface area contributed by atoms with Crippen molar-refractivity contribution in [1.29, 1.82) is 5.26 Å². The molecular formula is C9H6ClN5. The van der Waals surface area contributed by atoms with Crippen LogP contribution >= 0.6 is 11.6 Å². The average Bonchev–Trinajstić information content (AvgIpc) is 2.70. The molecule has 5 nitrogen and oxygen atoms in total. The summed E-state index contributed by atoms with van der Waals surface area (Å²) < 4.78 is 1.42. The number of aromatic nitrogens is 3. The smallest absolute Gasteiger partial charge is 0.252 e. The number of halogens is 1. The highest BCUT2D eigenvalue weighted by atomic mass is 35.5. The Kier molecular flexibility index (Phi) is 2.27. The van der Waals surface area contributed by atoms with Gasteiger partial charge in [-0.15, -0.1) is 5.10 Å². The molecule has 15 heavy (non-hydrogen) atoms. The first-order chi connectivity index (χ1) is 7.20. The summed E-state index contributed by atoms with van der Waals surface area (Å²) in [6.07, 6.45) is 1.42. The fraction of sp³-hybridized carbons (Fsp3) is 0. The Balaban J connectivity index is 2.54. The lowest BCUT2D eigenvalue weighted by atomic mass is 10.3. The molecule has 0 fully saturated rings. The van der Waals surface area contributed by atoms with Crippen molar-refractivity contribution in [3.8, 4) is 11.8 Å². The molecular weight excluding hydrogens is 214 g/mol. The number of hydrogen-bond donors (Lipinski definition) is 1. The van der Waals surface area contributed by atoms with Crippen LogP contribution in [0.15, 0.2) is 24.5 Å². The number of anilines is 1.